The molecule has 11 heteroatoms. The zero-order valence-corrected chi connectivity index (χ0v) is 16.1. The number of imidazole rings is 1. The van der Waals surface area contributed by atoms with Gasteiger partial charge < -0.3 is 25.8 Å². The standard InChI is InChI=1S/C18H25N7O4/c1-2-3-4-5-24-7-10(6-21-24)16-22-15(19)12-17(23-16)25(9-20-12)18-14(28)13(27)11(8-26)29-18/h6-7,9,11,13-14,18,26-28H,2-5,8H2,1H3,(H2,19,22,23)/t11-,13-,14-,18-/m1/s1. The molecule has 0 spiro atoms. The van der Waals surface area contributed by atoms with Gasteiger partial charge in [-0.15, -0.1) is 0 Å². The molecule has 1 aliphatic heterocycles. The van der Waals surface area contributed by atoms with Crippen molar-refractivity contribution in [1.82, 2.24) is 29.3 Å². The van der Waals surface area contributed by atoms with E-state index in [1.54, 1.807) is 6.20 Å². The predicted octanol–water partition coefficient (Wildman–Crippen LogP) is 0.0737. The van der Waals surface area contributed by atoms with Gasteiger partial charge in [-0.3, -0.25) is 9.25 Å². The van der Waals surface area contributed by atoms with Crippen LogP contribution in [0.15, 0.2) is 18.7 Å². The molecule has 0 radical (unpaired) electrons. The van der Waals surface area contributed by atoms with Gasteiger partial charge in [0, 0.05) is 12.7 Å². The lowest BCUT2D eigenvalue weighted by atomic mass is 10.1. The van der Waals surface area contributed by atoms with Crippen molar-refractivity contribution >= 4 is 17.0 Å². The molecule has 0 bridgehead atoms. The Hall–Kier alpha value is -2.60. The lowest BCUT2D eigenvalue weighted by molar-refractivity contribution is -0.0511. The number of aliphatic hydroxyl groups is 3. The first-order chi connectivity index (χ1) is 14.0. The molecule has 156 valence electrons. The van der Waals surface area contributed by atoms with Gasteiger partial charge in [-0.1, -0.05) is 19.8 Å². The summed E-state index contributed by atoms with van der Waals surface area (Å²) in [6, 6.07) is 0. The molecule has 4 rings (SSSR count). The molecule has 1 fully saturated rings. The van der Waals surface area contributed by atoms with Crippen LogP contribution in [0.5, 0.6) is 0 Å². The summed E-state index contributed by atoms with van der Waals surface area (Å²) in [6.45, 7) is 2.54. The molecule has 1 saturated heterocycles. The topological polar surface area (TPSA) is 157 Å². The average molecular weight is 403 g/mol. The van der Waals surface area contributed by atoms with Gasteiger partial charge in [-0.25, -0.2) is 15.0 Å². The van der Waals surface area contributed by atoms with Crippen LogP contribution in [0.3, 0.4) is 0 Å². The van der Waals surface area contributed by atoms with Gasteiger partial charge in [-0.2, -0.15) is 5.10 Å². The van der Waals surface area contributed by atoms with Crippen LogP contribution in [-0.2, 0) is 11.3 Å². The van der Waals surface area contributed by atoms with Crippen molar-refractivity contribution in [2.24, 2.45) is 0 Å². The molecule has 3 aromatic heterocycles. The van der Waals surface area contributed by atoms with E-state index in [0.717, 1.165) is 25.8 Å². The van der Waals surface area contributed by atoms with Crippen molar-refractivity contribution in [3.05, 3.63) is 18.7 Å². The van der Waals surface area contributed by atoms with E-state index in [4.69, 9.17) is 10.5 Å². The van der Waals surface area contributed by atoms with Crippen molar-refractivity contribution in [3.8, 4) is 11.4 Å². The summed E-state index contributed by atoms with van der Waals surface area (Å²) in [5, 5.41) is 34.0. The molecule has 11 nitrogen and oxygen atoms in total. The molecule has 0 unspecified atom stereocenters. The predicted molar refractivity (Wildman–Crippen MR) is 103 cm³/mol. The maximum absolute atomic E-state index is 10.3. The summed E-state index contributed by atoms with van der Waals surface area (Å²) >= 11 is 0. The van der Waals surface area contributed by atoms with E-state index in [1.807, 2.05) is 10.9 Å². The second-order valence-corrected chi connectivity index (χ2v) is 7.18. The van der Waals surface area contributed by atoms with E-state index < -0.39 is 31.1 Å². The van der Waals surface area contributed by atoms with Crippen molar-refractivity contribution in [3.63, 3.8) is 0 Å². The van der Waals surface area contributed by atoms with E-state index in [2.05, 4.69) is 27.0 Å². The Morgan fingerprint density at radius 2 is 2.03 bits per heavy atom. The molecule has 4 heterocycles. The first-order valence-electron chi connectivity index (χ1n) is 9.68. The van der Waals surface area contributed by atoms with Crippen LogP contribution in [0.25, 0.3) is 22.6 Å². The maximum Gasteiger partial charge on any atom is 0.168 e. The molecule has 0 saturated carbocycles. The van der Waals surface area contributed by atoms with Crippen LogP contribution < -0.4 is 5.73 Å². The van der Waals surface area contributed by atoms with E-state index in [1.165, 1.54) is 10.9 Å². The van der Waals surface area contributed by atoms with Crippen molar-refractivity contribution in [2.75, 3.05) is 12.3 Å². The lowest BCUT2D eigenvalue weighted by Gasteiger charge is -2.16. The number of nitrogens with two attached hydrogens (primary N) is 1. The Morgan fingerprint density at radius 3 is 2.76 bits per heavy atom. The van der Waals surface area contributed by atoms with E-state index in [9.17, 15) is 15.3 Å². The summed E-state index contributed by atoms with van der Waals surface area (Å²) in [5.74, 6) is 0.569. The van der Waals surface area contributed by atoms with Crippen molar-refractivity contribution in [2.45, 2.75) is 57.3 Å². The van der Waals surface area contributed by atoms with Crippen molar-refractivity contribution in [1.29, 1.82) is 0 Å². The average Bonchev–Trinajstić information content (AvgIpc) is 3.41. The number of nitrogens with zero attached hydrogens (tertiary/aromatic N) is 6. The van der Waals surface area contributed by atoms with Crippen LogP contribution in [0.4, 0.5) is 5.82 Å². The number of hydrogen-bond acceptors (Lipinski definition) is 9. The molecule has 29 heavy (non-hydrogen) atoms. The monoisotopic (exact) mass is 403 g/mol. The Balaban J connectivity index is 1.67. The van der Waals surface area contributed by atoms with Gasteiger partial charge in [0.05, 0.1) is 24.7 Å². The number of aliphatic hydroxyl groups excluding tert-OH is 3. The molecule has 1 aliphatic rings. The number of aryl methyl sites for hydroxylation is 1. The quantitative estimate of drug-likeness (QED) is 0.401. The number of aromatic nitrogens is 6. The van der Waals surface area contributed by atoms with Crippen LogP contribution in [0.2, 0.25) is 0 Å². The van der Waals surface area contributed by atoms with Crippen LogP contribution >= 0.6 is 0 Å². The van der Waals surface area contributed by atoms with Crippen LogP contribution in [0, 0.1) is 0 Å². The number of nitrogen functional groups attached to an aromatic ring is 1. The fourth-order valence-electron chi connectivity index (χ4n) is 3.49. The Labute approximate surface area is 166 Å². The number of unbranched alkanes of at least 4 members (excludes halogenated alkanes) is 2. The highest BCUT2D eigenvalue weighted by Crippen LogP contribution is 2.32. The molecule has 4 atom stereocenters. The normalized spacial score (nSPS) is 24.6. The minimum absolute atomic E-state index is 0.189. The van der Waals surface area contributed by atoms with Gasteiger partial charge in [0.25, 0.3) is 0 Å². The number of anilines is 1. The molecular weight excluding hydrogens is 378 g/mol. The third-order valence-corrected chi connectivity index (χ3v) is 5.12. The summed E-state index contributed by atoms with van der Waals surface area (Å²) in [7, 11) is 0. The van der Waals surface area contributed by atoms with Crippen LogP contribution in [0.1, 0.15) is 32.4 Å². The smallest absolute Gasteiger partial charge is 0.168 e. The summed E-state index contributed by atoms with van der Waals surface area (Å²) < 4.78 is 8.92. The molecule has 0 aromatic carbocycles. The minimum atomic E-state index is -1.24. The highest BCUT2D eigenvalue weighted by atomic mass is 16.6. The third-order valence-electron chi connectivity index (χ3n) is 5.12. The van der Waals surface area contributed by atoms with E-state index >= 15 is 0 Å². The Bertz CT molecular complexity index is 988. The highest BCUT2D eigenvalue weighted by Gasteiger charge is 2.44. The lowest BCUT2D eigenvalue weighted by Crippen LogP contribution is -2.33. The zero-order valence-electron chi connectivity index (χ0n) is 16.1. The summed E-state index contributed by atoms with van der Waals surface area (Å²) in [4.78, 5) is 13.1. The fraction of sp³-hybridized carbons (Fsp3) is 0.556. The van der Waals surface area contributed by atoms with Gasteiger partial charge in [0.1, 0.15) is 23.8 Å². The minimum Gasteiger partial charge on any atom is -0.394 e. The second kappa shape index (κ2) is 8.03. The van der Waals surface area contributed by atoms with Gasteiger partial charge in [-0.05, 0) is 6.42 Å². The van der Waals surface area contributed by atoms with Crippen molar-refractivity contribution < 1.29 is 20.1 Å². The van der Waals surface area contributed by atoms with E-state index in [-0.39, 0.29) is 5.82 Å². The van der Waals surface area contributed by atoms with E-state index in [0.29, 0.717) is 22.6 Å². The molecular formula is C18H25N7O4. The first-order valence-corrected chi connectivity index (χ1v) is 9.68. The Kier molecular flexibility index (Phi) is 5.46. The molecule has 3 aromatic rings. The highest BCUT2D eigenvalue weighted by molar-refractivity contribution is 5.83. The van der Waals surface area contributed by atoms with Gasteiger partial charge in [0.15, 0.2) is 23.5 Å². The largest absolute Gasteiger partial charge is 0.394 e. The molecule has 5 N–H and O–H groups in total. The number of rotatable bonds is 7. The SMILES string of the molecule is CCCCCn1cc(-c2nc(N)c3ncn([C@@H]4O[C@H](CO)[C@@H](O)[C@H]4O)c3n2)cn1. The molecule has 0 aliphatic carbocycles. The van der Waals surface area contributed by atoms with Gasteiger partial charge in [0.2, 0.25) is 0 Å². The fourth-order valence-corrected chi connectivity index (χ4v) is 3.49. The first kappa shape index (κ1) is 19.7. The summed E-state index contributed by atoms with van der Waals surface area (Å²) in [5.41, 5.74) is 7.52. The maximum atomic E-state index is 10.3. The van der Waals surface area contributed by atoms with Crippen LogP contribution in [-0.4, -0.2) is 69.5 Å². The number of ether oxygens (including phenoxy) is 1. The van der Waals surface area contributed by atoms with Gasteiger partial charge >= 0.3 is 0 Å². The molecule has 0 amide bonds. The number of hydrogen-bond donors (Lipinski definition) is 4. The zero-order chi connectivity index (χ0) is 20.5. The summed E-state index contributed by atoms with van der Waals surface area (Å²) in [6.07, 6.45) is 3.96. The number of fused-ring (bicyclic) bond motifs is 1. The second-order valence-electron chi connectivity index (χ2n) is 7.18. The third kappa shape index (κ3) is 3.57. The Morgan fingerprint density at radius 1 is 1.21 bits per heavy atom.